The van der Waals surface area contributed by atoms with Crippen LogP contribution in [-0.4, -0.2) is 29.9 Å². The number of hydrogen-bond acceptors (Lipinski definition) is 6. The first-order valence-electron chi connectivity index (χ1n) is 8.85. The second kappa shape index (κ2) is 7.23. The monoisotopic (exact) mass is 414 g/mol. The summed E-state index contributed by atoms with van der Waals surface area (Å²) < 4.78 is 62.7. The molecule has 1 saturated carbocycles. The van der Waals surface area contributed by atoms with Gasteiger partial charge in [-0.15, -0.1) is 0 Å². The maximum Gasteiger partial charge on any atom is 0.501 e. The first-order chi connectivity index (χ1) is 13.0. The lowest BCUT2D eigenvalue weighted by Gasteiger charge is -2.29. The Bertz CT molecular complexity index is 987. The quantitative estimate of drug-likeness (QED) is 0.764. The van der Waals surface area contributed by atoms with Gasteiger partial charge in [0.05, 0.1) is 4.90 Å². The van der Waals surface area contributed by atoms with Gasteiger partial charge in [-0.3, -0.25) is 0 Å². The molecule has 0 saturated heterocycles. The number of rotatable bonds is 5. The van der Waals surface area contributed by atoms with Crippen LogP contribution in [-0.2, 0) is 9.84 Å². The van der Waals surface area contributed by atoms with Crippen LogP contribution in [0.25, 0.3) is 11.1 Å². The lowest BCUT2D eigenvalue weighted by atomic mass is 9.77. The molecule has 0 spiro atoms. The molecule has 0 aliphatic heterocycles. The highest BCUT2D eigenvalue weighted by Gasteiger charge is 2.47. The molecule has 1 aromatic heterocycles. The zero-order valence-electron chi connectivity index (χ0n) is 15.4. The van der Waals surface area contributed by atoms with Crippen molar-refractivity contribution in [1.82, 2.24) is 9.97 Å². The Hall–Kier alpha value is -2.36. The number of anilines is 2. The van der Waals surface area contributed by atoms with Crippen molar-refractivity contribution in [2.45, 2.75) is 55.5 Å². The number of halogens is 3. The summed E-state index contributed by atoms with van der Waals surface area (Å²) in [5, 5.41) is 3.15. The Morgan fingerprint density at radius 3 is 2.43 bits per heavy atom. The lowest BCUT2D eigenvalue weighted by molar-refractivity contribution is -0.0436. The number of nitrogens with zero attached hydrogens (tertiary/aromatic N) is 2. The standard InChI is InChI=1S/C18H21F3N4O2S/c1-10(2)24-16-15(9-23-17(22)25-16)13-7-6-12(28(26,27)18(19,20)21)8-14(13)11-4-3-5-11/h6-11H,3-5H2,1-2H3,(H3,22,23,24,25). The van der Waals surface area contributed by atoms with Gasteiger partial charge in [0.25, 0.3) is 9.84 Å². The van der Waals surface area contributed by atoms with E-state index in [-0.39, 0.29) is 17.9 Å². The fourth-order valence-corrected chi connectivity index (χ4v) is 3.92. The molecule has 3 N–H and O–H groups in total. The van der Waals surface area contributed by atoms with Gasteiger partial charge in [-0.25, -0.2) is 13.4 Å². The van der Waals surface area contributed by atoms with Gasteiger partial charge in [0.1, 0.15) is 5.82 Å². The molecule has 0 bridgehead atoms. The van der Waals surface area contributed by atoms with Crippen LogP contribution in [0, 0.1) is 0 Å². The van der Waals surface area contributed by atoms with E-state index in [0.717, 1.165) is 31.4 Å². The van der Waals surface area contributed by atoms with E-state index in [9.17, 15) is 21.6 Å². The molecule has 1 aromatic carbocycles. The number of alkyl halides is 3. The molecule has 1 heterocycles. The second-order valence-corrected chi connectivity index (χ2v) is 9.06. The van der Waals surface area contributed by atoms with Gasteiger partial charge < -0.3 is 11.1 Å². The predicted molar refractivity (Wildman–Crippen MR) is 100 cm³/mol. The van der Waals surface area contributed by atoms with Gasteiger partial charge >= 0.3 is 5.51 Å². The first-order valence-corrected chi connectivity index (χ1v) is 10.3. The third-order valence-electron chi connectivity index (χ3n) is 4.71. The van der Waals surface area contributed by atoms with Crippen molar-refractivity contribution in [3.8, 4) is 11.1 Å². The molecule has 0 amide bonds. The summed E-state index contributed by atoms with van der Waals surface area (Å²) in [6, 6.07) is 3.55. The zero-order chi connectivity index (χ0) is 20.7. The Labute approximate surface area is 161 Å². The van der Waals surface area contributed by atoms with Gasteiger partial charge in [-0.05, 0) is 55.9 Å². The minimum Gasteiger partial charge on any atom is -0.368 e. The van der Waals surface area contributed by atoms with Gasteiger partial charge in [-0.1, -0.05) is 12.5 Å². The fourth-order valence-electron chi connectivity index (χ4n) is 3.12. The topological polar surface area (TPSA) is 98.0 Å². The van der Waals surface area contributed by atoms with Crippen LogP contribution in [0.4, 0.5) is 24.9 Å². The summed E-state index contributed by atoms with van der Waals surface area (Å²) in [5.41, 5.74) is 2.06. The zero-order valence-corrected chi connectivity index (χ0v) is 16.2. The van der Waals surface area contributed by atoms with Crippen LogP contribution < -0.4 is 11.1 Å². The van der Waals surface area contributed by atoms with Crippen molar-refractivity contribution in [3.63, 3.8) is 0 Å². The van der Waals surface area contributed by atoms with Crippen LogP contribution in [0.2, 0.25) is 0 Å². The minimum absolute atomic E-state index is 0.0113. The highest BCUT2D eigenvalue weighted by Crippen LogP contribution is 2.44. The SMILES string of the molecule is CC(C)Nc1nc(N)ncc1-c1ccc(S(=O)(=O)C(F)(F)F)cc1C1CCC1. The Kier molecular flexibility index (Phi) is 5.26. The number of nitrogen functional groups attached to an aromatic ring is 1. The smallest absolute Gasteiger partial charge is 0.368 e. The summed E-state index contributed by atoms with van der Waals surface area (Å²) in [4.78, 5) is 7.46. The normalized spacial score (nSPS) is 15.5. The van der Waals surface area contributed by atoms with Crippen molar-refractivity contribution in [2.24, 2.45) is 0 Å². The minimum atomic E-state index is -5.42. The number of nitrogens with two attached hydrogens (primary N) is 1. The molecular weight excluding hydrogens is 393 g/mol. The van der Waals surface area contributed by atoms with Crippen molar-refractivity contribution in [1.29, 1.82) is 0 Å². The maximum atomic E-state index is 13.0. The molecule has 2 aromatic rings. The molecule has 28 heavy (non-hydrogen) atoms. The molecule has 0 unspecified atom stereocenters. The molecule has 1 fully saturated rings. The van der Waals surface area contributed by atoms with E-state index < -0.39 is 20.2 Å². The third-order valence-corrected chi connectivity index (χ3v) is 6.19. The van der Waals surface area contributed by atoms with Crippen LogP contribution in [0.15, 0.2) is 29.3 Å². The van der Waals surface area contributed by atoms with Crippen LogP contribution in [0.5, 0.6) is 0 Å². The molecule has 0 radical (unpaired) electrons. The van der Waals surface area contributed by atoms with Crippen molar-refractivity contribution in [2.75, 3.05) is 11.1 Å². The third kappa shape index (κ3) is 3.78. The van der Waals surface area contributed by atoms with Gasteiger partial charge in [-0.2, -0.15) is 18.2 Å². The number of sulfone groups is 1. The Morgan fingerprint density at radius 1 is 1.21 bits per heavy atom. The number of hydrogen-bond donors (Lipinski definition) is 2. The number of nitrogens with one attached hydrogen (secondary N) is 1. The number of aromatic nitrogens is 2. The molecule has 1 aliphatic rings. The molecule has 1 aliphatic carbocycles. The maximum absolute atomic E-state index is 13.0. The molecular formula is C18H21F3N4O2S. The largest absolute Gasteiger partial charge is 0.501 e. The average Bonchev–Trinajstić information content (AvgIpc) is 2.52. The van der Waals surface area contributed by atoms with E-state index in [1.165, 1.54) is 12.3 Å². The van der Waals surface area contributed by atoms with E-state index in [1.54, 1.807) is 0 Å². The molecule has 10 heteroatoms. The molecule has 0 atom stereocenters. The molecule has 6 nitrogen and oxygen atoms in total. The summed E-state index contributed by atoms with van der Waals surface area (Å²) in [7, 11) is -5.42. The summed E-state index contributed by atoms with van der Waals surface area (Å²) in [6.45, 7) is 3.82. The van der Waals surface area contributed by atoms with Crippen LogP contribution in [0.3, 0.4) is 0 Å². The molecule has 3 rings (SSSR count). The van der Waals surface area contributed by atoms with Gasteiger partial charge in [0.2, 0.25) is 5.95 Å². The Balaban J connectivity index is 2.18. The van der Waals surface area contributed by atoms with E-state index in [0.29, 0.717) is 22.5 Å². The highest BCUT2D eigenvalue weighted by molar-refractivity contribution is 7.92. The highest BCUT2D eigenvalue weighted by atomic mass is 32.2. The van der Waals surface area contributed by atoms with E-state index in [1.807, 2.05) is 13.8 Å². The number of benzene rings is 1. The van der Waals surface area contributed by atoms with Crippen LogP contribution >= 0.6 is 0 Å². The summed E-state index contributed by atoms with van der Waals surface area (Å²) in [6.07, 6.45) is 4.01. The fraction of sp³-hybridized carbons (Fsp3) is 0.444. The van der Waals surface area contributed by atoms with Crippen molar-refractivity contribution in [3.05, 3.63) is 30.0 Å². The lowest BCUT2D eigenvalue weighted by Crippen LogP contribution is -2.24. The van der Waals surface area contributed by atoms with E-state index >= 15 is 0 Å². The van der Waals surface area contributed by atoms with E-state index in [4.69, 9.17) is 5.73 Å². The average molecular weight is 414 g/mol. The van der Waals surface area contributed by atoms with Gasteiger partial charge in [0, 0.05) is 17.8 Å². The summed E-state index contributed by atoms with van der Waals surface area (Å²) in [5.74, 6) is 0.505. The van der Waals surface area contributed by atoms with Crippen molar-refractivity contribution >= 4 is 21.6 Å². The second-order valence-electron chi connectivity index (χ2n) is 7.12. The predicted octanol–water partition coefficient (Wildman–Crippen LogP) is 4.11. The molecule has 152 valence electrons. The van der Waals surface area contributed by atoms with Gasteiger partial charge in [0.15, 0.2) is 0 Å². The van der Waals surface area contributed by atoms with Crippen LogP contribution in [0.1, 0.15) is 44.6 Å². The summed E-state index contributed by atoms with van der Waals surface area (Å²) >= 11 is 0. The van der Waals surface area contributed by atoms with Crippen molar-refractivity contribution < 1.29 is 21.6 Å². The van der Waals surface area contributed by atoms with E-state index in [2.05, 4.69) is 15.3 Å². The Morgan fingerprint density at radius 2 is 1.89 bits per heavy atom. The first kappa shape index (κ1) is 20.4.